The summed E-state index contributed by atoms with van der Waals surface area (Å²) in [4.78, 5) is 12.1. The predicted molar refractivity (Wildman–Crippen MR) is 89.4 cm³/mol. The second-order valence-electron chi connectivity index (χ2n) is 5.01. The normalized spacial score (nSPS) is 11.6. The minimum Gasteiger partial charge on any atom is -0.493 e. The van der Waals surface area contributed by atoms with Gasteiger partial charge in [0.25, 0.3) is 5.91 Å². The van der Waals surface area contributed by atoms with Crippen molar-refractivity contribution in [3.05, 3.63) is 40.9 Å². The molecule has 0 saturated carbocycles. The van der Waals surface area contributed by atoms with Crippen molar-refractivity contribution in [2.45, 2.75) is 0 Å². The number of hydrogen-bond acceptors (Lipinski definition) is 6. The molecule has 0 aromatic heterocycles. The number of carbonyl (C=O) groups excluding carboxylic acids is 1. The van der Waals surface area contributed by atoms with Crippen LogP contribution in [0.5, 0.6) is 23.0 Å². The van der Waals surface area contributed by atoms with E-state index in [2.05, 4.69) is 5.32 Å². The third kappa shape index (κ3) is 3.70. The van der Waals surface area contributed by atoms with Gasteiger partial charge in [0, 0.05) is 17.8 Å². The molecule has 3 rings (SSSR count). The number of fused-ring (bicyclic) bond motifs is 1. The minimum absolute atomic E-state index is 0.160. The molecule has 1 aliphatic rings. The monoisotopic (exact) mass is 360 g/mol. The van der Waals surface area contributed by atoms with Crippen molar-refractivity contribution < 1.29 is 23.7 Å². The van der Waals surface area contributed by atoms with Crippen LogP contribution in [0.3, 0.4) is 0 Å². The van der Waals surface area contributed by atoms with Crippen LogP contribution in [0.2, 0.25) is 5.02 Å². The van der Waals surface area contributed by atoms with Gasteiger partial charge >= 0.3 is 0 Å². The molecule has 7 nitrogen and oxygen atoms in total. The number of halogens is 1. The molecule has 0 bridgehead atoms. The molecular weight excluding hydrogens is 348 g/mol. The van der Waals surface area contributed by atoms with E-state index in [9.17, 15) is 4.79 Å². The Kier molecular flexibility index (Phi) is 4.82. The Morgan fingerprint density at radius 1 is 1.32 bits per heavy atom. The van der Waals surface area contributed by atoms with E-state index in [1.54, 1.807) is 18.2 Å². The first kappa shape index (κ1) is 16.7. The van der Waals surface area contributed by atoms with E-state index >= 15 is 0 Å². The highest BCUT2D eigenvalue weighted by Gasteiger charge is 2.16. The van der Waals surface area contributed by atoms with E-state index in [1.807, 2.05) is 6.07 Å². The van der Waals surface area contributed by atoms with Gasteiger partial charge in [0.1, 0.15) is 0 Å². The van der Waals surface area contributed by atoms with Crippen LogP contribution < -0.4 is 24.3 Å². The Bertz CT molecular complexity index is 863. The summed E-state index contributed by atoms with van der Waals surface area (Å²) in [6, 6.07) is 9.95. The van der Waals surface area contributed by atoms with Crippen LogP contribution in [-0.4, -0.2) is 26.4 Å². The number of hydrogen-bond donors (Lipinski definition) is 1. The molecule has 2 aromatic carbocycles. The number of anilines is 1. The SMILES string of the molecule is COc1cc(C#N)cc(Cl)c1OCC(=O)Nc1ccc2c(c1)OCO2. The Morgan fingerprint density at radius 2 is 2.12 bits per heavy atom. The number of carbonyl (C=O) groups is 1. The summed E-state index contributed by atoms with van der Waals surface area (Å²) in [5.74, 6) is 1.28. The summed E-state index contributed by atoms with van der Waals surface area (Å²) in [6.45, 7) is -0.122. The van der Waals surface area contributed by atoms with E-state index in [0.717, 1.165) is 0 Å². The molecule has 0 radical (unpaired) electrons. The number of nitrogens with zero attached hydrogens (tertiary/aromatic N) is 1. The maximum Gasteiger partial charge on any atom is 0.262 e. The van der Waals surface area contributed by atoms with Gasteiger partial charge in [-0.1, -0.05) is 11.6 Å². The van der Waals surface area contributed by atoms with Crippen molar-refractivity contribution in [1.29, 1.82) is 5.26 Å². The standard InChI is InChI=1S/C17H13ClN2O5/c1-22-15-5-10(7-19)4-12(18)17(15)23-8-16(21)20-11-2-3-13-14(6-11)25-9-24-13/h2-6H,8-9H2,1H3,(H,20,21). The summed E-state index contributed by atoms with van der Waals surface area (Å²) in [6.07, 6.45) is 0. The molecule has 0 spiro atoms. The highest BCUT2D eigenvalue weighted by atomic mass is 35.5. The number of rotatable bonds is 5. The number of nitriles is 1. The Labute approximate surface area is 148 Å². The van der Waals surface area contributed by atoms with Gasteiger partial charge in [-0.25, -0.2) is 0 Å². The van der Waals surface area contributed by atoms with Gasteiger partial charge in [0.15, 0.2) is 29.6 Å². The van der Waals surface area contributed by atoms with Crippen molar-refractivity contribution in [2.75, 3.05) is 25.8 Å². The quantitative estimate of drug-likeness (QED) is 0.881. The van der Waals surface area contributed by atoms with Crippen LogP contribution >= 0.6 is 11.6 Å². The molecule has 0 atom stereocenters. The van der Waals surface area contributed by atoms with Gasteiger partial charge in [-0.15, -0.1) is 0 Å². The van der Waals surface area contributed by atoms with E-state index in [1.165, 1.54) is 19.2 Å². The fourth-order valence-corrected chi connectivity index (χ4v) is 2.50. The molecule has 128 valence electrons. The molecule has 0 aliphatic carbocycles. The van der Waals surface area contributed by atoms with Crippen LogP contribution in [0.25, 0.3) is 0 Å². The molecule has 1 heterocycles. The summed E-state index contributed by atoms with van der Waals surface area (Å²) in [7, 11) is 1.42. The van der Waals surface area contributed by atoms with E-state index in [4.69, 9.17) is 35.8 Å². The lowest BCUT2D eigenvalue weighted by Crippen LogP contribution is -2.20. The summed E-state index contributed by atoms with van der Waals surface area (Å²) in [5.41, 5.74) is 0.884. The number of ether oxygens (including phenoxy) is 4. The van der Waals surface area contributed by atoms with Gasteiger partial charge < -0.3 is 24.3 Å². The number of benzene rings is 2. The van der Waals surface area contributed by atoms with Gasteiger partial charge in [-0.05, 0) is 18.2 Å². The first-order valence-electron chi connectivity index (χ1n) is 7.20. The molecule has 0 saturated heterocycles. The van der Waals surface area contributed by atoms with Gasteiger partial charge in [-0.2, -0.15) is 5.26 Å². The lowest BCUT2D eigenvalue weighted by Gasteiger charge is -2.13. The van der Waals surface area contributed by atoms with Gasteiger partial charge in [0.05, 0.1) is 23.8 Å². The number of methoxy groups -OCH3 is 1. The average molecular weight is 361 g/mol. The second-order valence-corrected chi connectivity index (χ2v) is 5.41. The molecule has 2 aromatic rings. The van der Waals surface area contributed by atoms with Crippen molar-refractivity contribution >= 4 is 23.2 Å². The van der Waals surface area contributed by atoms with Crippen LogP contribution in [0.15, 0.2) is 30.3 Å². The second kappa shape index (κ2) is 7.20. The molecule has 0 unspecified atom stereocenters. The highest BCUT2D eigenvalue weighted by molar-refractivity contribution is 6.32. The first-order valence-corrected chi connectivity index (χ1v) is 7.58. The zero-order valence-electron chi connectivity index (χ0n) is 13.2. The molecule has 1 aliphatic heterocycles. The molecule has 1 amide bonds. The molecule has 8 heteroatoms. The van der Waals surface area contributed by atoms with E-state index in [0.29, 0.717) is 22.7 Å². The van der Waals surface area contributed by atoms with Crippen molar-refractivity contribution in [2.24, 2.45) is 0 Å². The van der Waals surface area contributed by atoms with Crippen LogP contribution in [-0.2, 0) is 4.79 Å². The first-order chi connectivity index (χ1) is 12.1. The molecular formula is C17H13ClN2O5. The lowest BCUT2D eigenvalue weighted by molar-refractivity contribution is -0.118. The van der Waals surface area contributed by atoms with Crippen LogP contribution in [0.4, 0.5) is 5.69 Å². The maximum absolute atomic E-state index is 12.1. The Hall–Kier alpha value is -3.11. The summed E-state index contributed by atoms with van der Waals surface area (Å²) >= 11 is 6.08. The number of nitrogens with one attached hydrogen (secondary N) is 1. The van der Waals surface area contributed by atoms with Crippen LogP contribution in [0.1, 0.15) is 5.56 Å². The lowest BCUT2D eigenvalue weighted by atomic mass is 10.2. The molecule has 25 heavy (non-hydrogen) atoms. The molecule has 1 N–H and O–H groups in total. The highest BCUT2D eigenvalue weighted by Crippen LogP contribution is 2.36. The number of amides is 1. The largest absolute Gasteiger partial charge is 0.493 e. The van der Waals surface area contributed by atoms with Crippen LogP contribution in [0, 0.1) is 11.3 Å². The van der Waals surface area contributed by atoms with Crippen molar-refractivity contribution in [1.82, 2.24) is 0 Å². The predicted octanol–water partition coefficient (Wildman–Crippen LogP) is 2.97. The molecule has 0 fully saturated rings. The van der Waals surface area contributed by atoms with Crippen molar-refractivity contribution in [3.63, 3.8) is 0 Å². The third-order valence-electron chi connectivity index (χ3n) is 3.36. The van der Waals surface area contributed by atoms with Crippen molar-refractivity contribution in [3.8, 4) is 29.1 Å². The maximum atomic E-state index is 12.1. The zero-order chi connectivity index (χ0) is 17.8. The fourth-order valence-electron chi connectivity index (χ4n) is 2.23. The average Bonchev–Trinajstić information content (AvgIpc) is 3.07. The third-order valence-corrected chi connectivity index (χ3v) is 3.64. The minimum atomic E-state index is -0.388. The summed E-state index contributed by atoms with van der Waals surface area (Å²) < 4.78 is 21.1. The zero-order valence-corrected chi connectivity index (χ0v) is 13.9. The topological polar surface area (TPSA) is 89.8 Å². The summed E-state index contributed by atoms with van der Waals surface area (Å²) in [5, 5.41) is 11.8. The fraction of sp³-hybridized carbons (Fsp3) is 0.176. The van der Waals surface area contributed by atoms with E-state index < -0.39 is 0 Å². The Morgan fingerprint density at radius 3 is 2.88 bits per heavy atom. The van der Waals surface area contributed by atoms with Gasteiger partial charge in [0.2, 0.25) is 6.79 Å². The smallest absolute Gasteiger partial charge is 0.262 e. The van der Waals surface area contributed by atoms with E-state index in [-0.39, 0.29) is 35.8 Å². The van der Waals surface area contributed by atoms with Gasteiger partial charge in [-0.3, -0.25) is 4.79 Å². The Balaban J connectivity index is 1.66.